The fourth-order valence-electron chi connectivity index (χ4n) is 3.41. The molecule has 0 aliphatic carbocycles. The first-order valence-electron chi connectivity index (χ1n) is 10.4. The summed E-state index contributed by atoms with van der Waals surface area (Å²) in [6.07, 6.45) is 8.11. The number of amides is 1. The van der Waals surface area contributed by atoms with Crippen molar-refractivity contribution in [2.45, 2.75) is 19.5 Å². The second-order valence-electron chi connectivity index (χ2n) is 7.59. The van der Waals surface area contributed by atoms with Crippen molar-refractivity contribution in [2.24, 2.45) is 5.92 Å². The van der Waals surface area contributed by atoms with E-state index in [0.717, 1.165) is 41.4 Å². The highest BCUT2D eigenvalue weighted by molar-refractivity contribution is 7.10. The van der Waals surface area contributed by atoms with Crippen molar-refractivity contribution < 1.29 is 14.3 Å². The third-order valence-electron chi connectivity index (χ3n) is 5.15. The molecular weight excluding hydrogens is 408 g/mol. The number of carbonyl (C=O) groups is 1. The van der Waals surface area contributed by atoms with Crippen LogP contribution in [-0.2, 0) is 22.6 Å². The molecule has 160 valence electrons. The molecule has 3 heterocycles. The summed E-state index contributed by atoms with van der Waals surface area (Å²) in [5, 5.41) is 2.00. The highest BCUT2D eigenvalue weighted by atomic mass is 32.1. The summed E-state index contributed by atoms with van der Waals surface area (Å²) in [4.78, 5) is 20.0. The fraction of sp³-hybridized carbons (Fsp3) is 0.280. The van der Waals surface area contributed by atoms with Crippen molar-refractivity contribution in [1.82, 2.24) is 9.88 Å². The summed E-state index contributed by atoms with van der Waals surface area (Å²) in [5.41, 5.74) is 2.05. The molecule has 5 nitrogen and oxygen atoms in total. The number of pyridine rings is 1. The highest BCUT2D eigenvalue weighted by Crippen LogP contribution is 2.19. The van der Waals surface area contributed by atoms with Crippen molar-refractivity contribution >= 4 is 23.3 Å². The van der Waals surface area contributed by atoms with Gasteiger partial charge in [0.25, 0.3) is 0 Å². The van der Waals surface area contributed by atoms with E-state index in [0.29, 0.717) is 25.6 Å². The first kappa shape index (κ1) is 21.3. The van der Waals surface area contributed by atoms with E-state index in [1.807, 2.05) is 64.9 Å². The van der Waals surface area contributed by atoms with Gasteiger partial charge < -0.3 is 14.4 Å². The summed E-state index contributed by atoms with van der Waals surface area (Å²) < 4.78 is 11.3. The minimum absolute atomic E-state index is 0.0289. The summed E-state index contributed by atoms with van der Waals surface area (Å²) in [6, 6.07) is 15.8. The van der Waals surface area contributed by atoms with E-state index in [4.69, 9.17) is 9.47 Å². The van der Waals surface area contributed by atoms with E-state index in [2.05, 4.69) is 4.98 Å². The van der Waals surface area contributed by atoms with Gasteiger partial charge in [-0.1, -0.05) is 24.3 Å². The molecule has 0 radical (unpaired) electrons. The average molecular weight is 435 g/mol. The van der Waals surface area contributed by atoms with Gasteiger partial charge in [-0.05, 0) is 53.3 Å². The molecule has 1 unspecified atom stereocenters. The monoisotopic (exact) mass is 434 g/mol. The standard InChI is InChI=1S/C25H26N2O3S/c28-25(10-9-24-4-2-14-31-24)27(17-21-3-1-12-26-15-21)16-20-5-7-23(8-6-20)30-19-22-11-13-29-18-22/h1-10,12,14-15,22H,11,13,16-19H2. The fourth-order valence-corrected chi connectivity index (χ4v) is 4.03. The lowest BCUT2D eigenvalue weighted by Gasteiger charge is -2.22. The van der Waals surface area contributed by atoms with Gasteiger partial charge in [-0.25, -0.2) is 0 Å². The first-order valence-corrected chi connectivity index (χ1v) is 11.3. The van der Waals surface area contributed by atoms with E-state index in [1.165, 1.54) is 0 Å². The Balaban J connectivity index is 1.41. The Kier molecular flexibility index (Phi) is 7.47. The molecule has 0 N–H and O–H groups in total. The van der Waals surface area contributed by atoms with Crippen LogP contribution in [0.5, 0.6) is 5.75 Å². The Morgan fingerprint density at radius 1 is 1.16 bits per heavy atom. The lowest BCUT2D eigenvalue weighted by molar-refractivity contribution is -0.127. The maximum absolute atomic E-state index is 13.0. The molecule has 0 bridgehead atoms. The minimum atomic E-state index is -0.0289. The molecule has 2 aromatic heterocycles. The van der Waals surface area contributed by atoms with E-state index in [1.54, 1.807) is 29.8 Å². The zero-order valence-corrected chi connectivity index (χ0v) is 18.2. The van der Waals surface area contributed by atoms with Gasteiger partial charge in [0.15, 0.2) is 0 Å². The van der Waals surface area contributed by atoms with Crippen LogP contribution in [0, 0.1) is 5.92 Å². The van der Waals surface area contributed by atoms with E-state index in [-0.39, 0.29) is 5.91 Å². The van der Waals surface area contributed by atoms with Gasteiger partial charge in [-0.2, -0.15) is 0 Å². The Bertz CT molecular complexity index is 966. The number of hydrogen-bond acceptors (Lipinski definition) is 5. The number of carbonyl (C=O) groups excluding carboxylic acids is 1. The quantitative estimate of drug-likeness (QED) is 0.454. The van der Waals surface area contributed by atoms with Crippen LogP contribution in [0.2, 0.25) is 0 Å². The predicted octanol–water partition coefficient (Wildman–Crippen LogP) is 4.80. The van der Waals surface area contributed by atoms with Crippen LogP contribution >= 0.6 is 11.3 Å². The molecule has 1 aromatic carbocycles. The van der Waals surface area contributed by atoms with Crippen LogP contribution in [0.4, 0.5) is 0 Å². The highest BCUT2D eigenvalue weighted by Gasteiger charge is 2.16. The summed E-state index contributed by atoms with van der Waals surface area (Å²) in [7, 11) is 0. The third-order valence-corrected chi connectivity index (χ3v) is 5.99. The molecule has 1 amide bonds. The second-order valence-corrected chi connectivity index (χ2v) is 8.57. The second kappa shape index (κ2) is 10.9. The van der Waals surface area contributed by atoms with Crippen molar-refractivity contribution in [1.29, 1.82) is 0 Å². The number of thiophene rings is 1. The Hall–Kier alpha value is -2.96. The van der Waals surface area contributed by atoms with E-state index >= 15 is 0 Å². The normalized spacial score (nSPS) is 15.9. The van der Waals surface area contributed by atoms with Gasteiger partial charge in [0.2, 0.25) is 5.91 Å². The first-order chi connectivity index (χ1) is 15.3. The van der Waals surface area contributed by atoms with E-state index < -0.39 is 0 Å². The van der Waals surface area contributed by atoms with Gasteiger partial charge >= 0.3 is 0 Å². The maximum Gasteiger partial charge on any atom is 0.247 e. The molecule has 1 aliphatic heterocycles. The van der Waals surface area contributed by atoms with Crippen LogP contribution < -0.4 is 4.74 Å². The average Bonchev–Trinajstić information content (AvgIpc) is 3.51. The minimum Gasteiger partial charge on any atom is -0.493 e. The molecule has 0 spiro atoms. The van der Waals surface area contributed by atoms with Crippen molar-refractivity contribution in [3.05, 3.63) is 88.4 Å². The van der Waals surface area contributed by atoms with Crippen molar-refractivity contribution in [3.63, 3.8) is 0 Å². The molecule has 31 heavy (non-hydrogen) atoms. The summed E-state index contributed by atoms with van der Waals surface area (Å²) >= 11 is 1.61. The van der Waals surface area contributed by atoms with Crippen LogP contribution in [0.3, 0.4) is 0 Å². The largest absolute Gasteiger partial charge is 0.493 e. The van der Waals surface area contributed by atoms with Gasteiger partial charge in [-0.3, -0.25) is 9.78 Å². The predicted molar refractivity (Wildman–Crippen MR) is 123 cm³/mol. The van der Waals surface area contributed by atoms with Crippen molar-refractivity contribution in [2.75, 3.05) is 19.8 Å². The van der Waals surface area contributed by atoms with Crippen molar-refractivity contribution in [3.8, 4) is 5.75 Å². The number of aromatic nitrogens is 1. The van der Waals surface area contributed by atoms with Crippen LogP contribution in [0.25, 0.3) is 6.08 Å². The van der Waals surface area contributed by atoms with Crippen LogP contribution in [0.15, 0.2) is 72.4 Å². The molecule has 1 fully saturated rings. The number of rotatable bonds is 9. The molecule has 1 atom stereocenters. The molecule has 1 aliphatic rings. The smallest absolute Gasteiger partial charge is 0.247 e. The molecule has 3 aromatic rings. The Labute approximate surface area is 187 Å². The molecule has 4 rings (SSSR count). The van der Waals surface area contributed by atoms with Gasteiger partial charge in [0.05, 0.1) is 13.2 Å². The number of hydrogen-bond donors (Lipinski definition) is 0. The lowest BCUT2D eigenvalue weighted by atomic mass is 10.1. The third kappa shape index (κ3) is 6.51. The summed E-state index contributed by atoms with van der Waals surface area (Å²) in [6.45, 7) is 3.30. The maximum atomic E-state index is 13.0. The van der Waals surface area contributed by atoms with Gasteiger partial charge in [0.1, 0.15) is 5.75 Å². The number of benzene rings is 1. The molecule has 0 saturated carbocycles. The Morgan fingerprint density at radius 3 is 2.74 bits per heavy atom. The van der Waals surface area contributed by atoms with E-state index in [9.17, 15) is 4.79 Å². The topological polar surface area (TPSA) is 51.7 Å². The summed E-state index contributed by atoms with van der Waals surface area (Å²) in [5.74, 6) is 1.29. The molecule has 1 saturated heterocycles. The lowest BCUT2D eigenvalue weighted by Crippen LogP contribution is -2.28. The SMILES string of the molecule is O=C(C=Cc1cccs1)N(Cc1ccc(OCC2CCOC2)cc1)Cc1cccnc1. The van der Waals surface area contributed by atoms with Gasteiger partial charge in [0, 0.05) is 49.0 Å². The van der Waals surface area contributed by atoms with Gasteiger partial charge in [-0.15, -0.1) is 11.3 Å². The van der Waals surface area contributed by atoms with Crippen LogP contribution in [-0.4, -0.2) is 35.6 Å². The molecular formula is C25H26N2O3S. The van der Waals surface area contributed by atoms with Crippen LogP contribution in [0.1, 0.15) is 22.4 Å². The number of ether oxygens (including phenoxy) is 2. The number of nitrogens with zero attached hydrogens (tertiary/aromatic N) is 2. The molecule has 6 heteroatoms. The zero-order valence-electron chi connectivity index (χ0n) is 17.4. The Morgan fingerprint density at radius 2 is 2.03 bits per heavy atom. The zero-order chi connectivity index (χ0) is 21.3.